The summed E-state index contributed by atoms with van der Waals surface area (Å²) in [6, 6.07) is 4.46. The van der Waals surface area contributed by atoms with Gasteiger partial charge in [0, 0.05) is 29.4 Å². The Morgan fingerprint density at radius 1 is 1.06 bits per heavy atom. The highest BCUT2D eigenvalue weighted by atomic mass is 32.3. The van der Waals surface area contributed by atoms with E-state index in [4.69, 9.17) is 36.7 Å². The summed E-state index contributed by atoms with van der Waals surface area (Å²) in [6.45, 7) is 2.51. The average Bonchev–Trinajstić information content (AvgIpc) is 2.77. The fourth-order valence-corrected chi connectivity index (χ4v) is 4.15. The third kappa shape index (κ3) is 6.16. The summed E-state index contributed by atoms with van der Waals surface area (Å²) in [6.07, 6.45) is 5.48. The van der Waals surface area contributed by atoms with E-state index in [2.05, 4.69) is 9.97 Å². The lowest BCUT2D eigenvalue weighted by Gasteiger charge is -2.37. The van der Waals surface area contributed by atoms with E-state index < -0.39 is 10.4 Å². The Hall–Kier alpha value is -2.80. The van der Waals surface area contributed by atoms with E-state index in [-0.39, 0.29) is 18.1 Å². The van der Waals surface area contributed by atoms with Gasteiger partial charge in [0.25, 0.3) is 0 Å². The topological polar surface area (TPSA) is 161 Å². The Balaban J connectivity index is 0.000000555. The second-order valence-electron chi connectivity index (χ2n) is 7.55. The molecule has 12 heteroatoms. The molecule has 0 spiro atoms. The van der Waals surface area contributed by atoms with Crippen molar-refractivity contribution in [3.05, 3.63) is 41.2 Å². The third-order valence-corrected chi connectivity index (χ3v) is 5.46. The molecule has 1 aliphatic heterocycles. The first-order valence-electron chi connectivity index (χ1n) is 10.3. The van der Waals surface area contributed by atoms with Gasteiger partial charge < -0.3 is 19.3 Å². The maximum atomic E-state index is 10.2. The fraction of sp³-hybridized carbons (Fsp3) is 0.476. The lowest BCUT2D eigenvalue weighted by Crippen LogP contribution is -2.34. The fourth-order valence-electron chi connectivity index (χ4n) is 4.15. The molecule has 1 aromatic heterocycles. The minimum atomic E-state index is -4.67. The SMILES string of the molecule is CCOc1cc2c(cc1OC)C(c1cnc(OC)nc1)=N[C@@H]1CC[C@@H](O)C[C@H]21.O=S(=O)(O)O. The number of aliphatic hydroxyl groups excluding tert-OH is 1. The molecule has 1 fully saturated rings. The van der Waals surface area contributed by atoms with Crippen LogP contribution in [0.3, 0.4) is 0 Å². The summed E-state index contributed by atoms with van der Waals surface area (Å²) in [5.41, 5.74) is 3.78. The highest BCUT2D eigenvalue weighted by Crippen LogP contribution is 2.44. The molecule has 11 nitrogen and oxygen atoms in total. The molecule has 2 aliphatic rings. The smallest absolute Gasteiger partial charge is 0.394 e. The molecule has 4 rings (SSSR count). The normalized spacial score (nSPS) is 21.5. The van der Waals surface area contributed by atoms with Crippen LogP contribution in [0.4, 0.5) is 0 Å². The van der Waals surface area contributed by atoms with E-state index in [0.717, 1.165) is 41.0 Å². The molecule has 0 saturated heterocycles. The van der Waals surface area contributed by atoms with Crippen molar-refractivity contribution >= 4 is 16.1 Å². The predicted molar refractivity (Wildman–Crippen MR) is 119 cm³/mol. The second-order valence-corrected chi connectivity index (χ2v) is 8.44. The number of ether oxygens (including phenoxy) is 3. The van der Waals surface area contributed by atoms with E-state index in [9.17, 15) is 5.11 Å². The van der Waals surface area contributed by atoms with Crippen LogP contribution in [-0.2, 0) is 10.4 Å². The molecule has 3 atom stereocenters. The van der Waals surface area contributed by atoms with Gasteiger partial charge in [-0.05, 0) is 43.9 Å². The lowest BCUT2D eigenvalue weighted by molar-refractivity contribution is 0.111. The molecule has 0 unspecified atom stereocenters. The molecule has 2 heterocycles. The van der Waals surface area contributed by atoms with E-state index in [1.54, 1.807) is 26.6 Å². The number of hydrogen-bond acceptors (Lipinski definition) is 9. The zero-order valence-electron chi connectivity index (χ0n) is 18.5. The average molecular weight is 482 g/mol. The Kier molecular flexibility index (Phi) is 7.84. The van der Waals surface area contributed by atoms with Crippen molar-refractivity contribution in [1.29, 1.82) is 0 Å². The van der Waals surface area contributed by atoms with Crippen molar-refractivity contribution in [3.63, 3.8) is 0 Å². The van der Waals surface area contributed by atoms with Crippen molar-refractivity contribution in [2.75, 3.05) is 20.8 Å². The van der Waals surface area contributed by atoms with Gasteiger partial charge in [0.15, 0.2) is 11.5 Å². The molecule has 1 aliphatic carbocycles. The molecule has 1 aromatic carbocycles. The van der Waals surface area contributed by atoms with Gasteiger partial charge in [0.05, 0.1) is 38.7 Å². The molecular weight excluding hydrogens is 454 g/mol. The standard InChI is InChI=1S/C21H25N3O4.H2O4S/c1-4-28-19-8-14-15-7-13(25)5-6-17(15)24-20(16(14)9-18(19)26-2)12-10-22-21(27-3)23-11-12;1-5(2,3)4/h8-11,13,15,17,25H,4-7H2,1-3H3;(H2,1,2,3,4)/t13-,15-,17-;/m1./s1. The van der Waals surface area contributed by atoms with Crippen molar-refractivity contribution in [2.45, 2.75) is 44.2 Å². The first kappa shape index (κ1) is 24.8. The largest absolute Gasteiger partial charge is 0.493 e. The van der Waals surface area contributed by atoms with Crippen LogP contribution in [0.1, 0.15) is 48.8 Å². The summed E-state index contributed by atoms with van der Waals surface area (Å²) in [4.78, 5) is 13.5. The number of fused-ring (bicyclic) bond motifs is 3. The number of aromatic nitrogens is 2. The lowest BCUT2D eigenvalue weighted by atomic mass is 9.74. The van der Waals surface area contributed by atoms with Crippen LogP contribution in [0.2, 0.25) is 0 Å². The molecule has 0 amide bonds. The van der Waals surface area contributed by atoms with Gasteiger partial charge in [-0.3, -0.25) is 14.1 Å². The Labute approximate surface area is 192 Å². The number of benzene rings is 1. The van der Waals surface area contributed by atoms with Gasteiger partial charge in [-0.25, -0.2) is 9.97 Å². The first-order valence-corrected chi connectivity index (χ1v) is 11.7. The maximum absolute atomic E-state index is 10.2. The van der Waals surface area contributed by atoms with Gasteiger partial charge in [0.2, 0.25) is 0 Å². The zero-order valence-corrected chi connectivity index (χ0v) is 19.3. The monoisotopic (exact) mass is 481 g/mol. The molecule has 33 heavy (non-hydrogen) atoms. The van der Waals surface area contributed by atoms with Crippen LogP contribution >= 0.6 is 0 Å². The molecule has 0 radical (unpaired) electrons. The number of methoxy groups -OCH3 is 2. The van der Waals surface area contributed by atoms with Gasteiger partial charge in [-0.15, -0.1) is 0 Å². The quantitative estimate of drug-likeness (QED) is 0.539. The molecule has 180 valence electrons. The summed E-state index contributed by atoms with van der Waals surface area (Å²) in [5.74, 6) is 1.54. The van der Waals surface area contributed by atoms with Gasteiger partial charge in [-0.1, -0.05) is 0 Å². The van der Waals surface area contributed by atoms with Crippen molar-refractivity contribution in [2.24, 2.45) is 4.99 Å². The number of aliphatic imine (C=N–C) groups is 1. The van der Waals surface area contributed by atoms with Crippen LogP contribution < -0.4 is 14.2 Å². The van der Waals surface area contributed by atoms with Crippen molar-refractivity contribution < 1.29 is 36.8 Å². The molecule has 3 N–H and O–H groups in total. The first-order chi connectivity index (χ1) is 15.6. The van der Waals surface area contributed by atoms with Crippen LogP contribution in [-0.4, -0.2) is 71.3 Å². The van der Waals surface area contributed by atoms with Crippen molar-refractivity contribution in [3.8, 4) is 17.5 Å². The maximum Gasteiger partial charge on any atom is 0.394 e. The van der Waals surface area contributed by atoms with E-state index in [1.807, 2.05) is 19.1 Å². The Morgan fingerprint density at radius 3 is 2.30 bits per heavy atom. The zero-order chi connectivity index (χ0) is 24.2. The van der Waals surface area contributed by atoms with Crippen LogP contribution in [0.5, 0.6) is 17.5 Å². The van der Waals surface area contributed by atoms with E-state index in [1.165, 1.54) is 0 Å². The van der Waals surface area contributed by atoms with Crippen molar-refractivity contribution in [1.82, 2.24) is 9.97 Å². The van der Waals surface area contributed by atoms with Gasteiger partial charge in [0.1, 0.15) is 0 Å². The molecular formula is C21H27N3O8S. The number of aliphatic hydroxyl groups is 1. The van der Waals surface area contributed by atoms with Gasteiger partial charge in [-0.2, -0.15) is 8.42 Å². The predicted octanol–water partition coefficient (Wildman–Crippen LogP) is 2.09. The minimum Gasteiger partial charge on any atom is -0.493 e. The van der Waals surface area contributed by atoms with Gasteiger partial charge >= 0.3 is 16.4 Å². The van der Waals surface area contributed by atoms with E-state index in [0.29, 0.717) is 24.8 Å². The second kappa shape index (κ2) is 10.4. The van der Waals surface area contributed by atoms with Crippen LogP contribution in [0.15, 0.2) is 29.5 Å². The van der Waals surface area contributed by atoms with Crippen LogP contribution in [0, 0.1) is 0 Å². The Morgan fingerprint density at radius 2 is 1.73 bits per heavy atom. The summed E-state index contributed by atoms with van der Waals surface area (Å²) in [5, 5.41) is 10.2. The summed E-state index contributed by atoms with van der Waals surface area (Å²) < 4.78 is 48.0. The summed E-state index contributed by atoms with van der Waals surface area (Å²) >= 11 is 0. The third-order valence-electron chi connectivity index (χ3n) is 5.46. The summed E-state index contributed by atoms with van der Waals surface area (Å²) in [7, 11) is -1.49. The minimum absolute atomic E-state index is 0.121. The highest BCUT2D eigenvalue weighted by Gasteiger charge is 2.37. The molecule has 0 bridgehead atoms. The van der Waals surface area contributed by atoms with Crippen LogP contribution in [0.25, 0.3) is 0 Å². The van der Waals surface area contributed by atoms with E-state index >= 15 is 0 Å². The highest BCUT2D eigenvalue weighted by molar-refractivity contribution is 7.79. The number of rotatable bonds is 5. The molecule has 1 saturated carbocycles. The molecule has 2 aromatic rings. The Bertz CT molecular complexity index is 1100. The number of hydrogen-bond donors (Lipinski definition) is 3. The number of nitrogens with zero attached hydrogens (tertiary/aromatic N) is 3.